The van der Waals surface area contributed by atoms with Gasteiger partial charge in [0.05, 0.1) is 0 Å². The van der Waals surface area contributed by atoms with Gasteiger partial charge in [0.15, 0.2) is 0 Å². The van der Waals surface area contributed by atoms with Crippen LogP contribution < -0.4 is 10.5 Å². The summed E-state index contributed by atoms with van der Waals surface area (Å²) in [6.07, 6.45) is 2.56. The minimum atomic E-state index is 0. The Bertz CT molecular complexity index is 189. The number of hydrogen-bond acceptors (Lipinski definition) is 6. The van der Waals surface area contributed by atoms with E-state index in [2.05, 4.69) is 47.8 Å². The molecular weight excluding hydrogens is 357 g/mol. The van der Waals surface area contributed by atoms with Gasteiger partial charge in [-0.15, -0.1) is 0 Å². The molecule has 0 N–H and O–H groups in total. The van der Waals surface area contributed by atoms with Crippen molar-refractivity contribution >= 4 is 0 Å². The van der Waals surface area contributed by atoms with Gasteiger partial charge in [-0.3, -0.25) is 0 Å². The van der Waals surface area contributed by atoms with Crippen LogP contribution in [0.3, 0.4) is 0 Å². The van der Waals surface area contributed by atoms with Crippen LogP contribution in [0.4, 0.5) is 0 Å². The van der Waals surface area contributed by atoms with Gasteiger partial charge in [-0.1, -0.05) is 0 Å². The third kappa shape index (κ3) is 16.0. The number of likely N-dealkylation sites (N-methyl/N-ethyl adjacent to an activating group) is 4. The zero-order valence-electron chi connectivity index (χ0n) is 14.6. The molecule has 1 heterocycles. The van der Waals surface area contributed by atoms with Crippen molar-refractivity contribution in [3.05, 3.63) is 0 Å². The number of nitrogens with zero attached hydrogens (tertiary/aromatic N) is 4. The smallest absolute Gasteiger partial charge is 1.00 e. The Hall–Kier alpha value is 1.15. The van der Waals surface area contributed by atoms with Crippen LogP contribution in [0.15, 0.2) is 0 Å². The van der Waals surface area contributed by atoms with Crippen molar-refractivity contribution in [3.8, 4) is 0 Å². The van der Waals surface area contributed by atoms with E-state index in [-0.39, 0.29) is 42.9 Å². The molecule has 0 aromatic heterocycles. The third-order valence-corrected chi connectivity index (χ3v) is 3.89. The van der Waals surface area contributed by atoms with Crippen LogP contribution in [0, 0.1) is 0 Å². The molecular formula is C14H32FeN4O2Sc+4. The van der Waals surface area contributed by atoms with Crippen molar-refractivity contribution in [1.29, 1.82) is 0 Å². The molecule has 1 rings (SSSR count). The Labute approximate surface area is 166 Å². The van der Waals surface area contributed by atoms with Crippen molar-refractivity contribution in [3.63, 3.8) is 0 Å². The monoisotopic (exact) mass is 389 g/mol. The SMILES string of the molecule is CN1CCCN(C)CCN(C)CCCN(C)CC1.[Fe+3].[O-][O-].[Sc+3]. The first-order valence-electron chi connectivity index (χ1n) is 7.49. The minimum Gasteiger partial charge on any atom is -1.00 e. The maximum atomic E-state index is 7.00. The molecule has 0 saturated carbocycles. The van der Waals surface area contributed by atoms with Gasteiger partial charge in [-0.25, -0.2) is 0 Å². The second-order valence-corrected chi connectivity index (χ2v) is 5.92. The summed E-state index contributed by atoms with van der Waals surface area (Å²) >= 11 is 0. The summed E-state index contributed by atoms with van der Waals surface area (Å²) in [5.74, 6) is 0. The summed E-state index contributed by atoms with van der Waals surface area (Å²) in [5, 5.41) is 14.0. The predicted octanol–water partition coefficient (Wildman–Crippen LogP) is -1.88. The van der Waals surface area contributed by atoms with Gasteiger partial charge in [0.2, 0.25) is 0 Å². The average molecular weight is 389 g/mol. The first kappa shape index (κ1) is 28.0. The van der Waals surface area contributed by atoms with Crippen molar-refractivity contribution in [2.24, 2.45) is 0 Å². The average Bonchev–Trinajstić information content (AvgIpc) is 2.44. The Morgan fingerprint density at radius 3 is 0.864 bits per heavy atom. The number of rotatable bonds is 0. The van der Waals surface area contributed by atoms with Crippen molar-refractivity contribution in [2.75, 3.05) is 80.5 Å². The zero-order valence-corrected chi connectivity index (χ0v) is 17.5. The van der Waals surface area contributed by atoms with Crippen LogP contribution in [-0.4, -0.2) is 100 Å². The van der Waals surface area contributed by atoms with Crippen LogP contribution in [0.1, 0.15) is 12.8 Å². The molecule has 0 amide bonds. The van der Waals surface area contributed by atoms with E-state index in [4.69, 9.17) is 10.5 Å². The Morgan fingerprint density at radius 1 is 0.500 bits per heavy atom. The molecule has 6 nitrogen and oxygen atoms in total. The van der Waals surface area contributed by atoms with Gasteiger partial charge in [-0.05, 0) is 67.2 Å². The molecule has 1 aliphatic heterocycles. The van der Waals surface area contributed by atoms with Crippen LogP contribution in [-0.2, 0) is 42.9 Å². The Morgan fingerprint density at radius 2 is 0.682 bits per heavy atom. The quantitative estimate of drug-likeness (QED) is 0.275. The molecule has 1 radical (unpaired) electrons. The van der Waals surface area contributed by atoms with E-state index < -0.39 is 0 Å². The summed E-state index contributed by atoms with van der Waals surface area (Å²) in [6.45, 7) is 9.63. The molecule has 0 spiro atoms. The second kappa shape index (κ2) is 18.5. The number of hydrogen-bond donors (Lipinski definition) is 0. The van der Waals surface area contributed by atoms with Gasteiger partial charge in [0.25, 0.3) is 0 Å². The molecule has 0 aromatic carbocycles. The van der Waals surface area contributed by atoms with E-state index >= 15 is 0 Å². The van der Waals surface area contributed by atoms with Crippen LogP contribution in [0.5, 0.6) is 0 Å². The second-order valence-electron chi connectivity index (χ2n) is 5.92. The summed E-state index contributed by atoms with van der Waals surface area (Å²) in [5.41, 5.74) is 0. The van der Waals surface area contributed by atoms with E-state index in [1.807, 2.05) is 0 Å². The predicted molar refractivity (Wildman–Crippen MR) is 79.2 cm³/mol. The Kier molecular flexibility index (Phi) is 23.5. The maximum Gasteiger partial charge on any atom is 3.00 e. The molecule has 8 heteroatoms. The first-order chi connectivity index (χ1) is 9.58. The van der Waals surface area contributed by atoms with E-state index in [1.54, 1.807) is 0 Å². The largest absolute Gasteiger partial charge is 3.00 e. The zero-order chi connectivity index (χ0) is 15.4. The van der Waals surface area contributed by atoms with Gasteiger partial charge in [-0.2, -0.15) is 0 Å². The Balaban J connectivity index is -0.000000864. The minimum absolute atomic E-state index is 0. The molecule has 22 heavy (non-hydrogen) atoms. The fourth-order valence-electron chi connectivity index (χ4n) is 2.35. The van der Waals surface area contributed by atoms with Gasteiger partial charge >= 0.3 is 42.9 Å². The van der Waals surface area contributed by atoms with E-state index in [0.29, 0.717) is 0 Å². The van der Waals surface area contributed by atoms with Gasteiger partial charge < -0.3 is 30.1 Å². The maximum absolute atomic E-state index is 7.00. The molecule has 127 valence electrons. The molecule has 0 unspecified atom stereocenters. The van der Waals surface area contributed by atoms with E-state index in [9.17, 15) is 0 Å². The molecule has 1 fully saturated rings. The van der Waals surface area contributed by atoms with Gasteiger partial charge in [0, 0.05) is 26.2 Å². The van der Waals surface area contributed by atoms with Crippen LogP contribution in [0.25, 0.3) is 0 Å². The van der Waals surface area contributed by atoms with Crippen molar-refractivity contribution < 1.29 is 53.4 Å². The fraction of sp³-hybridized carbons (Fsp3) is 1.00. The molecule has 0 atom stereocenters. The van der Waals surface area contributed by atoms with E-state index in [0.717, 1.165) is 0 Å². The summed E-state index contributed by atoms with van der Waals surface area (Å²) in [7, 11) is 8.97. The standard InChI is InChI=1S/C14H32N4.Fe.O2.Sc/c1-15-7-5-8-17(3)13-14-18(4)10-6-9-16(2)12-11-15;;1-2;/h5-14H2,1-4H3;;;/q;+3;-2;+3. The van der Waals surface area contributed by atoms with Crippen LogP contribution in [0.2, 0.25) is 0 Å². The molecule has 1 aliphatic rings. The first-order valence-corrected chi connectivity index (χ1v) is 7.49. The van der Waals surface area contributed by atoms with Gasteiger partial charge in [0.1, 0.15) is 0 Å². The third-order valence-electron chi connectivity index (χ3n) is 3.89. The van der Waals surface area contributed by atoms with Crippen LogP contribution >= 0.6 is 0 Å². The molecule has 0 bridgehead atoms. The topological polar surface area (TPSA) is 59.1 Å². The van der Waals surface area contributed by atoms with Crippen molar-refractivity contribution in [1.82, 2.24) is 19.6 Å². The molecule has 0 aliphatic carbocycles. The molecule has 0 aromatic rings. The summed E-state index contributed by atoms with van der Waals surface area (Å²) in [6, 6.07) is 0. The summed E-state index contributed by atoms with van der Waals surface area (Å²) < 4.78 is 0. The normalized spacial score (nSPS) is 21.5. The van der Waals surface area contributed by atoms with E-state index in [1.165, 1.54) is 65.2 Å². The fourth-order valence-corrected chi connectivity index (χ4v) is 2.35. The molecule has 1 saturated heterocycles. The van der Waals surface area contributed by atoms with Crippen molar-refractivity contribution in [2.45, 2.75) is 12.8 Å². The summed E-state index contributed by atoms with van der Waals surface area (Å²) in [4.78, 5) is 9.84.